The van der Waals surface area contributed by atoms with E-state index in [1.165, 1.54) is 19.3 Å². The van der Waals surface area contributed by atoms with Crippen LogP contribution in [-0.4, -0.2) is 30.2 Å². The van der Waals surface area contributed by atoms with Gasteiger partial charge in [-0.25, -0.2) is 5.48 Å². The second kappa shape index (κ2) is 10.2. The number of amides is 2. The lowest BCUT2D eigenvalue weighted by atomic mass is 9.80. The Morgan fingerprint density at radius 1 is 1.12 bits per heavy atom. The second-order valence-electron chi connectivity index (χ2n) is 7.92. The Morgan fingerprint density at radius 2 is 1.91 bits per heavy atom. The van der Waals surface area contributed by atoms with Gasteiger partial charge in [0, 0.05) is 22.6 Å². The number of ether oxygens (including phenoxy) is 1. The molecule has 2 aromatic carbocycles. The minimum atomic E-state index is -0.585. The Balaban J connectivity index is 1.33. The van der Waals surface area contributed by atoms with E-state index in [0.29, 0.717) is 23.8 Å². The second-order valence-corrected chi connectivity index (χ2v) is 7.92. The largest absolute Gasteiger partial charge is 0.492 e. The van der Waals surface area contributed by atoms with Gasteiger partial charge < -0.3 is 14.5 Å². The van der Waals surface area contributed by atoms with Gasteiger partial charge in [-0.05, 0) is 48.7 Å². The number of rotatable bonds is 9. The van der Waals surface area contributed by atoms with Crippen molar-refractivity contribution in [2.45, 2.75) is 25.7 Å². The van der Waals surface area contributed by atoms with Gasteiger partial charge in [-0.1, -0.05) is 37.5 Å². The molecule has 7 nitrogen and oxygen atoms in total. The van der Waals surface area contributed by atoms with Crippen LogP contribution in [0.1, 0.15) is 41.8 Å². The van der Waals surface area contributed by atoms with Crippen molar-refractivity contribution < 1.29 is 24.0 Å². The zero-order chi connectivity index (χ0) is 22.3. The number of fused-ring (bicyclic) bond motifs is 1. The maximum Gasteiger partial charge on any atom is 0.274 e. The van der Waals surface area contributed by atoms with Gasteiger partial charge in [-0.3, -0.25) is 14.8 Å². The molecule has 1 aliphatic rings. The molecular weight excluding hydrogens is 408 g/mol. The number of nitrogens with one attached hydrogen (secondary N) is 2. The summed E-state index contributed by atoms with van der Waals surface area (Å²) in [4.78, 5) is 23.9. The summed E-state index contributed by atoms with van der Waals surface area (Å²) in [7, 11) is 0. The molecule has 0 atom stereocenters. The highest BCUT2D eigenvalue weighted by atomic mass is 16.5. The molecule has 0 bridgehead atoms. The first-order valence-corrected chi connectivity index (χ1v) is 10.8. The third kappa shape index (κ3) is 5.36. The number of para-hydroxylation sites is 1. The number of allylic oxidation sites excluding steroid dienone is 1. The summed E-state index contributed by atoms with van der Waals surface area (Å²) in [5.74, 6) is 1.14. The molecule has 3 aromatic rings. The topological polar surface area (TPSA) is 101 Å². The Hall–Kier alpha value is -3.58. The van der Waals surface area contributed by atoms with E-state index in [4.69, 9.17) is 14.4 Å². The smallest absolute Gasteiger partial charge is 0.274 e. The molecule has 0 aliphatic heterocycles. The third-order valence-electron chi connectivity index (χ3n) is 5.67. The third-order valence-corrected chi connectivity index (χ3v) is 5.67. The van der Waals surface area contributed by atoms with E-state index in [0.717, 1.165) is 28.7 Å². The molecule has 4 rings (SSSR count). The molecule has 1 aliphatic carbocycles. The number of carbonyl (C=O) groups is 2. The van der Waals surface area contributed by atoms with E-state index in [-0.39, 0.29) is 12.5 Å². The van der Waals surface area contributed by atoms with Crippen molar-refractivity contribution in [2.24, 2.45) is 5.92 Å². The highest BCUT2D eigenvalue weighted by molar-refractivity contribution is 5.96. The van der Waals surface area contributed by atoms with Gasteiger partial charge in [-0.15, -0.1) is 0 Å². The summed E-state index contributed by atoms with van der Waals surface area (Å²) in [5, 5.41) is 12.5. The molecule has 1 aromatic heterocycles. The van der Waals surface area contributed by atoms with Crippen LogP contribution in [0, 0.1) is 5.92 Å². The van der Waals surface area contributed by atoms with Crippen molar-refractivity contribution in [1.82, 2.24) is 10.8 Å². The summed E-state index contributed by atoms with van der Waals surface area (Å²) >= 11 is 0. The maximum atomic E-state index is 12.5. The zero-order valence-electron chi connectivity index (χ0n) is 17.7. The quantitative estimate of drug-likeness (QED) is 0.202. The lowest BCUT2D eigenvalue weighted by Crippen LogP contribution is -2.27. The highest BCUT2D eigenvalue weighted by Crippen LogP contribution is 2.36. The predicted molar refractivity (Wildman–Crippen MR) is 120 cm³/mol. The van der Waals surface area contributed by atoms with Gasteiger partial charge in [0.15, 0.2) is 0 Å². The van der Waals surface area contributed by atoms with Crippen molar-refractivity contribution in [3.63, 3.8) is 0 Å². The monoisotopic (exact) mass is 434 g/mol. The number of hydrogen-bond acceptors (Lipinski definition) is 5. The van der Waals surface area contributed by atoms with E-state index < -0.39 is 5.91 Å². The van der Waals surface area contributed by atoms with Crippen LogP contribution in [0.15, 0.2) is 65.1 Å². The average Bonchev–Trinajstić information content (AvgIpc) is 3.22. The van der Waals surface area contributed by atoms with E-state index in [9.17, 15) is 9.59 Å². The first kappa shape index (κ1) is 21.6. The number of hydroxylamine groups is 1. The Bertz CT molecular complexity index is 1080. The number of furan rings is 1. The fraction of sp³-hybridized carbons (Fsp3) is 0.280. The van der Waals surface area contributed by atoms with Crippen molar-refractivity contribution in [2.75, 3.05) is 13.2 Å². The van der Waals surface area contributed by atoms with Crippen LogP contribution in [0.5, 0.6) is 5.75 Å². The summed E-state index contributed by atoms with van der Waals surface area (Å²) in [6.45, 7) is 0.624. The number of benzene rings is 2. The first-order chi connectivity index (χ1) is 15.6. The molecule has 1 heterocycles. The number of hydrogen-bond donors (Lipinski definition) is 3. The van der Waals surface area contributed by atoms with Crippen LogP contribution in [-0.2, 0) is 4.79 Å². The molecule has 1 fully saturated rings. The summed E-state index contributed by atoms with van der Waals surface area (Å²) in [6, 6.07) is 16.2. The van der Waals surface area contributed by atoms with E-state index in [2.05, 4.69) is 5.32 Å². The van der Waals surface area contributed by atoms with E-state index in [1.807, 2.05) is 30.3 Å². The lowest BCUT2D eigenvalue weighted by Gasteiger charge is -2.25. The normalized spacial score (nSPS) is 14.1. The molecule has 0 radical (unpaired) electrons. The maximum absolute atomic E-state index is 12.5. The first-order valence-electron chi connectivity index (χ1n) is 10.8. The molecule has 2 amide bonds. The molecule has 0 spiro atoms. The van der Waals surface area contributed by atoms with Gasteiger partial charge in [0.2, 0.25) is 5.91 Å². The van der Waals surface area contributed by atoms with Crippen LogP contribution >= 0.6 is 0 Å². The van der Waals surface area contributed by atoms with Gasteiger partial charge in [0.05, 0.1) is 6.54 Å². The average molecular weight is 434 g/mol. The standard InChI is InChI=1S/C25H26N2O5/c28-24(26-12-13-31-21-10-8-18(9-11-21)25(29)27-30)16-20(14-17-4-3-5-17)23-15-19-6-1-2-7-22(19)32-23/h1-2,6-11,15-17,30H,3-5,12-14H2,(H,26,28)(H,27,29)/b20-16+. The van der Waals surface area contributed by atoms with Gasteiger partial charge >= 0.3 is 0 Å². The molecule has 7 heteroatoms. The Labute approximate surface area is 186 Å². The fourth-order valence-corrected chi connectivity index (χ4v) is 3.70. The minimum absolute atomic E-state index is 0.182. The summed E-state index contributed by atoms with van der Waals surface area (Å²) in [5.41, 5.74) is 3.64. The zero-order valence-corrected chi connectivity index (χ0v) is 17.7. The van der Waals surface area contributed by atoms with Crippen LogP contribution in [0.4, 0.5) is 0 Å². The lowest BCUT2D eigenvalue weighted by molar-refractivity contribution is -0.116. The molecule has 1 saturated carbocycles. The molecule has 3 N–H and O–H groups in total. The van der Waals surface area contributed by atoms with Crippen molar-refractivity contribution in [3.05, 3.63) is 72.0 Å². The fourth-order valence-electron chi connectivity index (χ4n) is 3.70. The van der Waals surface area contributed by atoms with Crippen molar-refractivity contribution in [1.29, 1.82) is 0 Å². The minimum Gasteiger partial charge on any atom is -0.492 e. The summed E-state index contributed by atoms with van der Waals surface area (Å²) in [6.07, 6.45) is 6.08. The van der Waals surface area contributed by atoms with Crippen LogP contribution in [0.3, 0.4) is 0 Å². The summed E-state index contributed by atoms with van der Waals surface area (Å²) < 4.78 is 11.6. The van der Waals surface area contributed by atoms with E-state index >= 15 is 0 Å². The predicted octanol–water partition coefficient (Wildman–Crippen LogP) is 4.32. The molecule has 32 heavy (non-hydrogen) atoms. The molecule has 0 saturated heterocycles. The Morgan fingerprint density at radius 3 is 2.59 bits per heavy atom. The van der Waals surface area contributed by atoms with Crippen LogP contribution in [0.25, 0.3) is 16.5 Å². The van der Waals surface area contributed by atoms with E-state index in [1.54, 1.807) is 35.8 Å². The highest BCUT2D eigenvalue weighted by Gasteiger charge is 2.21. The SMILES string of the molecule is O=C(/C=C(\CC1CCC1)c1cc2ccccc2o1)NCCOc1ccc(C(=O)NO)cc1. The van der Waals surface area contributed by atoms with Crippen molar-refractivity contribution in [3.8, 4) is 5.75 Å². The van der Waals surface area contributed by atoms with Gasteiger partial charge in [-0.2, -0.15) is 0 Å². The molecule has 0 unspecified atom stereocenters. The Kier molecular flexibility index (Phi) is 6.87. The van der Waals surface area contributed by atoms with Crippen molar-refractivity contribution >= 4 is 28.4 Å². The molecular formula is C25H26N2O5. The van der Waals surface area contributed by atoms with Gasteiger partial charge in [0.1, 0.15) is 23.7 Å². The van der Waals surface area contributed by atoms with Crippen LogP contribution < -0.4 is 15.5 Å². The van der Waals surface area contributed by atoms with Gasteiger partial charge in [0.25, 0.3) is 5.91 Å². The number of carbonyl (C=O) groups excluding carboxylic acids is 2. The van der Waals surface area contributed by atoms with Crippen LogP contribution in [0.2, 0.25) is 0 Å². The molecule has 166 valence electrons.